The summed E-state index contributed by atoms with van der Waals surface area (Å²) in [4.78, 5) is 0. The summed E-state index contributed by atoms with van der Waals surface area (Å²) in [5.74, 6) is 2.09. The van der Waals surface area contributed by atoms with E-state index < -0.39 is 0 Å². The highest BCUT2D eigenvalue weighted by Gasteiger charge is 2.23. The SMILES string of the molecule is CCOc1cc2c(cc1OCC)C(O)CC(C)CC2. The third-order valence-corrected chi connectivity index (χ3v) is 3.70. The number of aryl methyl sites for hydroxylation is 1. The minimum Gasteiger partial charge on any atom is -0.490 e. The van der Waals surface area contributed by atoms with Gasteiger partial charge in [-0.1, -0.05) is 6.92 Å². The van der Waals surface area contributed by atoms with Gasteiger partial charge in [0.05, 0.1) is 19.3 Å². The molecular weight excluding hydrogens is 240 g/mol. The van der Waals surface area contributed by atoms with Crippen molar-refractivity contribution >= 4 is 0 Å². The van der Waals surface area contributed by atoms with Crippen LogP contribution in [-0.2, 0) is 6.42 Å². The molecule has 0 saturated carbocycles. The summed E-state index contributed by atoms with van der Waals surface area (Å²) >= 11 is 0. The monoisotopic (exact) mass is 264 g/mol. The number of fused-ring (bicyclic) bond motifs is 1. The Labute approximate surface area is 115 Å². The first kappa shape index (κ1) is 14.2. The molecule has 0 amide bonds. The van der Waals surface area contributed by atoms with Crippen molar-refractivity contribution in [2.75, 3.05) is 13.2 Å². The summed E-state index contributed by atoms with van der Waals surface area (Å²) in [5.41, 5.74) is 2.21. The highest BCUT2D eigenvalue weighted by Crippen LogP contribution is 2.38. The lowest BCUT2D eigenvalue weighted by atomic mass is 9.99. The molecule has 0 fully saturated rings. The third kappa shape index (κ3) is 3.21. The van der Waals surface area contributed by atoms with Crippen molar-refractivity contribution < 1.29 is 14.6 Å². The summed E-state index contributed by atoms with van der Waals surface area (Å²) in [5, 5.41) is 10.3. The van der Waals surface area contributed by atoms with E-state index in [2.05, 4.69) is 6.92 Å². The van der Waals surface area contributed by atoms with Gasteiger partial charge in [-0.05, 0) is 62.3 Å². The zero-order valence-electron chi connectivity index (χ0n) is 12.1. The largest absolute Gasteiger partial charge is 0.490 e. The third-order valence-electron chi connectivity index (χ3n) is 3.70. The molecular formula is C16H24O3. The van der Waals surface area contributed by atoms with Crippen molar-refractivity contribution in [3.63, 3.8) is 0 Å². The first-order chi connectivity index (χ1) is 9.15. The van der Waals surface area contributed by atoms with Crippen LogP contribution in [-0.4, -0.2) is 18.3 Å². The van der Waals surface area contributed by atoms with Gasteiger partial charge in [0.15, 0.2) is 11.5 Å². The van der Waals surface area contributed by atoms with E-state index in [1.165, 1.54) is 5.56 Å². The zero-order chi connectivity index (χ0) is 13.8. The van der Waals surface area contributed by atoms with Crippen molar-refractivity contribution in [2.45, 2.75) is 46.1 Å². The Balaban J connectivity index is 2.40. The molecule has 106 valence electrons. The van der Waals surface area contributed by atoms with E-state index in [0.29, 0.717) is 19.1 Å². The fraction of sp³-hybridized carbons (Fsp3) is 0.625. The van der Waals surface area contributed by atoms with Crippen LogP contribution in [0.25, 0.3) is 0 Å². The van der Waals surface area contributed by atoms with E-state index in [1.807, 2.05) is 26.0 Å². The first-order valence-electron chi connectivity index (χ1n) is 7.26. The Kier molecular flexibility index (Phi) is 4.70. The fourth-order valence-electron chi connectivity index (χ4n) is 2.71. The molecule has 0 heterocycles. The quantitative estimate of drug-likeness (QED) is 0.846. The van der Waals surface area contributed by atoms with Crippen molar-refractivity contribution in [1.29, 1.82) is 0 Å². The molecule has 1 aromatic carbocycles. The summed E-state index contributed by atoms with van der Waals surface area (Å²) in [6.07, 6.45) is 2.55. The van der Waals surface area contributed by atoms with Gasteiger partial charge in [0, 0.05) is 0 Å². The van der Waals surface area contributed by atoms with Crippen LogP contribution < -0.4 is 9.47 Å². The smallest absolute Gasteiger partial charge is 0.161 e. The molecule has 0 aromatic heterocycles. The summed E-state index contributed by atoms with van der Waals surface area (Å²) in [7, 11) is 0. The van der Waals surface area contributed by atoms with Crippen LogP contribution in [0.1, 0.15) is 50.8 Å². The lowest BCUT2D eigenvalue weighted by molar-refractivity contribution is 0.149. The number of benzene rings is 1. The Morgan fingerprint density at radius 2 is 1.79 bits per heavy atom. The Morgan fingerprint density at radius 3 is 2.42 bits per heavy atom. The number of hydrogen-bond donors (Lipinski definition) is 1. The van der Waals surface area contributed by atoms with Gasteiger partial charge in [0.25, 0.3) is 0 Å². The molecule has 1 aliphatic rings. The van der Waals surface area contributed by atoms with Crippen LogP contribution in [0, 0.1) is 5.92 Å². The highest BCUT2D eigenvalue weighted by molar-refractivity contribution is 5.48. The molecule has 3 nitrogen and oxygen atoms in total. The van der Waals surface area contributed by atoms with E-state index in [-0.39, 0.29) is 6.10 Å². The van der Waals surface area contributed by atoms with Crippen molar-refractivity contribution in [2.24, 2.45) is 5.92 Å². The van der Waals surface area contributed by atoms with Gasteiger partial charge < -0.3 is 14.6 Å². The van der Waals surface area contributed by atoms with Crippen molar-refractivity contribution in [3.05, 3.63) is 23.3 Å². The second kappa shape index (κ2) is 6.29. The molecule has 1 N–H and O–H groups in total. The Hall–Kier alpha value is -1.22. The molecule has 0 saturated heterocycles. The maximum Gasteiger partial charge on any atom is 0.161 e. The number of rotatable bonds is 4. The van der Waals surface area contributed by atoms with Crippen LogP contribution in [0.2, 0.25) is 0 Å². The molecule has 2 unspecified atom stereocenters. The maximum atomic E-state index is 10.3. The molecule has 0 spiro atoms. The van der Waals surface area contributed by atoms with E-state index in [1.54, 1.807) is 0 Å². The van der Waals surface area contributed by atoms with Crippen LogP contribution in [0.5, 0.6) is 11.5 Å². The van der Waals surface area contributed by atoms with Gasteiger partial charge in [-0.3, -0.25) is 0 Å². The summed E-state index contributed by atoms with van der Waals surface area (Å²) in [6.45, 7) is 7.35. The molecule has 2 atom stereocenters. The molecule has 0 bridgehead atoms. The molecule has 1 aromatic rings. The van der Waals surface area contributed by atoms with Gasteiger partial charge >= 0.3 is 0 Å². The summed E-state index contributed by atoms with van der Waals surface area (Å²) < 4.78 is 11.3. The minimum absolute atomic E-state index is 0.387. The number of ether oxygens (including phenoxy) is 2. The van der Waals surface area contributed by atoms with E-state index in [4.69, 9.17) is 9.47 Å². The van der Waals surface area contributed by atoms with E-state index in [0.717, 1.165) is 36.3 Å². The zero-order valence-corrected chi connectivity index (χ0v) is 12.1. The molecule has 0 radical (unpaired) electrons. The predicted molar refractivity (Wildman–Crippen MR) is 75.8 cm³/mol. The van der Waals surface area contributed by atoms with E-state index in [9.17, 15) is 5.11 Å². The van der Waals surface area contributed by atoms with Gasteiger partial charge in [-0.15, -0.1) is 0 Å². The standard InChI is InChI=1S/C16H24O3/c1-4-18-15-9-12-7-6-11(3)8-14(17)13(12)10-16(15)19-5-2/h9-11,14,17H,4-8H2,1-3H3. The topological polar surface area (TPSA) is 38.7 Å². The van der Waals surface area contributed by atoms with Gasteiger partial charge in [0.2, 0.25) is 0 Å². The van der Waals surface area contributed by atoms with E-state index >= 15 is 0 Å². The van der Waals surface area contributed by atoms with Crippen LogP contribution in [0.15, 0.2) is 12.1 Å². The maximum absolute atomic E-state index is 10.3. The second-order valence-corrected chi connectivity index (χ2v) is 5.26. The van der Waals surface area contributed by atoms with Crippen LogP contribution >= 0.6 is 0 Å². The minimum atomic E-state index is -0.387. The fourth-order valence-corrected chi connectivity index (χ4v) is 2.71. The van der Waals surface area contributed by atoms with Gasteiger partial charge in [0.1, 0.15) is 0 Å². The first-order valence-corrected chi connectivity index (χ1v) is 7.26. The van der Waals surface area contributed by atoms with Crippen LogP contribution in [0.4, 0.5) is 0 Å². The molecule has 0 aliphatic heterocycles. The van der Waals surface area contributed by atoms with Crippen molar-refractivity contribution in [3.8, 4) is 11.5 Å². The number of aliphatic hydroxyl groups excluding tert-OH is 1. The van der Waals surface area contributed by atoms with Crippen molar-refractivity contribution in [1.82, 2.24) is 0 Å². The second-order valence-electron chi connectivity index (χ2n) is 5.26. The van der Waals surface area contributed by atoms with Gasteiger partial charge in [-0.2, -0.15) is 0 Å². The number of hydrogen-bond acceptors (Lipinski definition) is 3. The lowest BCUT2D eigenvalue weighted by Gasteiger charge is -2.17. The van der Waals surface area contributed by atoms with Gasteiger partial charge in [-0.25, -0.2) is 0 Å². The highest BCUT2D eigenvalue weighted by atomic mass is 16.5. The Morgan fingerprint density at radius 1 is 1.16 bits per heavy atom. The number of aliphatic hydroxyl groups is 1. The summed E-state index contributed by atoms with van der Waals surface area (Å²) in [6, 6.07) is 4.01. The molecule has 2 rings (SSSR count). The van der Waals surface area contributed by atoms with Crippen LogP contribution in [0.3, 0.4) is 0 Å². The Bertz CT molecular complexity index is 428. The normalized spacial score (nSPS) is 22.5. The average molecular weight is 264 g/mol. The average Bonchev–Trinajstić information content (AvgIpc) is 2.51. The molecule has 3 heteroatoms. The molecule has 19 heavy (non-hydrogen) atoms. The molecule has 1 aliphatic carbocycles. The lowest BCUT2D eigenvalue weighted by Crippen LogP contribution is -2.05. The predicted octanol–water partition coefficient (Wildman–Crippen LogP) is 3.49.